The molecule has 0 radical (unpaired) electrons. The van der Waals surface area contributed by atoms with Crippen LogP contribution in [0.1, 0.15) is 43.7 Å². The first-order valence-corrected chi connectivity index (χ1v) is 12.6. The zero-order valence-corrected chi connectivity index (χ0v) is 21.8. The third kappa shape index (κ3) is 6.59. The highest BCUT2D eigenvalue weighted by Gasteiger charge is 2.34. The van der Waals surface area contributed by atoms with Crippen LogP contribution in [0.25, 0.3) is 11.1 Å². The number of esters is 2. The predicted molar refractivity (Wildman–Crippen MR) is 138 cm³/mol. The first-order chi connectivity index (χ1) is 18.4. The number of alkyl carbamates (subject to hydrolysis) is 1. The molecule has 1 N–H and O–H groups in total. The molecule has 0 aromatic heterocycles. The van der Waals surface area contributed by atoms with Crippen LogP contribution in [0.3, 0.4) is 0 Å². The maximum Gasteiger partial charge on any atom is 0.407 e. The first-order valence-electron chi connectivity index (χ1n) is 12.6. The van der Waals surface area contributed by atoms with Crippen molar-refractivity contribution in [2.75, 3.05) is 26.9 Å². The second-order valence-corrected chi connectivity index (χ2v) is 9.42. The molecule has 0 saturated carbocycles. The van der Waals surface area contributed by atoms with Gasteiger partial charge in [-0.25, -0.2) is 14.4 Å². The van der Waals surface area contributed by atoms with E-state index in [1.165, 1.54) is 7.11 Å². The van der Waals surface area contributed by atoms with Gasteiger partial charge in [-0.15, -0.1) is 0 Å². The Morgan fingerprint density at radius 1 is 1.03 bits per heavy atom. The molecule has 1 fully saturated rings. The molecule has 2 aliphatic rings. The second-order valence-electron chi connectivity index (χ2n) is 9.42. The van der Waals surface area contributed by atoms with Gasteiger partial charge in [-0.2, -0.15) is 0 Å². The van der Waals surface area contributed by atoms with E-state index >= 15 is 0 Å². The maximum absolute atomic E-state index is 12.8. The van der Waals surface area contributed by atoms with Gasteiger partial charge in [-0.05, 0) is 48.6 Å². The monoisotopic (exact) mass is 523 g/mol. The highest BCUT2D eigenvalue weighted by Crippen LogP contribution is 2.44. The van der Waals surface area contributed by atoms with Crippen LogP contribution in [0.5, 0.6) is 0 Å². The second kappa shape index (κ2) is 12.7. The van der Waals surface area contributed by atoms with Crippen LogP contribution in [0.15, 0.2) is 60.2 Å². The van der Waals surface area contributed by atoms with Crippen molar-refractivity contribution >= 4 is 18.0 Å². The van der Waals surface area contributed by atoms with Gasteiger partial charge >= 0.3 is 18.0 Å². The van der Waals surface area contributed by atoms with E-state index in [4.69, 9.17) is 18.9 Å². The van der Waals surface area contributed by atoms with Gasteiger partial charge in [0.25, 0.3) is 0 Å². The van der Waals surface area contributed by atoms with Crippen LogP contribution in [0, 0.1) is 0 Å². The summed E-state index contributed by atoms with van der Waals surface area (Å²) in [6.45, 7) is 4.06. The number of methoxy groups -OCH3 is 1. The summed E-state index contributed by atoms with van der Waals surface area (Å²) in [5.74, 6) is -1.23. The van der Waals surface area contributed by atoms with Crippen molar-refractivity contribution in [3.05, 3.63) is 71.3 Å². The minimum atomic E-state index is -0.986. The Morgan fingerprint density at radius 3 is 2.32 bits per heavy atom. The van der Waals surface area contributed by atoms with Crippen LogP contribution >= 0.6 is 0 Å². The SMILES string of the molecule is COC(=O)[C@@H]1COC(CCC(NC(=O)OCC2c3ccccc3-c3ccccc32)C(=O)OCC=C(C)C)O1. The molecule has 1 saturated heterocycles. The fraction of sp³-hybridized carbons (Fsp3) is 0.414. The summed E-state index contributed by atoms with van der Waals surface area (Å²) < 4.78 is 26.7. The standard InChI is InChI=1S/C29H33NO8/c1-18(2)14-15-35-27(31)24(12-13-26-36-17-25(38-26)28(32)34-3)30-29(33)37-16-23-21-10-6-4-8-19(21)20-9-5-7-11-22(20)23/h4-11,14,23-26H,12-13,15-17H2,1-3H3,(H,30,33)/t24?,25-,26?/m0/s1. The fourth-order valence-corrected chi connectivity index (χ4v) is 4.59. The molecule has 2 aromatic rings. The van der Waals surface area contributed by atoms with Crippen molar-refractivity contribution in [1.29, 1.82) is 0 Å². The van der Waals surface area contributed by atoms with Crippen LogP contribution in [0.2, 0.25) is 0 Å². The van der Waals surface area contributed by atoms with E-state index < -0.39 is 36.5 Å². The van der Waals surface area contributed by atoms with Crippen LogP contribution in [-0.4, -0.2) is 63.4 Å². The van der Waals surface area contributed by atoms with Crippen molar-refractivity contribution in [2.24, 2.45) is 0 Å². The summed E-state index contributed by atoms with van der Waals surface area (Å²) in [6.07, 6.45) is -0.0704. The number of benzene rings is 2. The van der Waals surface area contributed by atoms with Gasteiger partial charge in [0.1, 0.15) is 19.3 Å². The number of hydrogen-bond donors (Lipinski definition) is 1. The Bertz CT molecular complexity index is 1140. The van der Waals surface area contributed by atoms with E-state index in [1.54, 1.807) is 6.08 Å². The molecule has 9 nitrogen and oxygen atoms in total. The summed E-state index contributed by atoms with van der Waals surface area (Å²) in [6, 6.07) is 15.1. The lowest BCUT2D eigenvalue weighted by Crippen LogP contribution is -2.43. The third-order valence-electron chi connectivity index (χ3n) is 6.54. The highest BCUT2D eigenvalue weighted by atomic mass is 16.7. The Kier molecular flexibility index (Phi) is 9.15. The van der Waals surface area contributed by atoms with Crippen molar-refractivity contribution in [2.45, 2.75) is 51.0 Å². The van der Waals surface area contributed by atoms with Crippen molar-refractivity contribution in [3.63, 3.8) is 0 Å². The smallest absolute Gasteiger partial charge is 0.407 e. The molecule has 1 amide bonds. The molecule has 2 unspecified atom stereocenters. The van der Waals surface area contributed by atoms with E-state index in [-0.39, 0.29) is 38.6 Å². The summed E-state index contributed by atoms with van der Waals surface area (Å²) in [5, 5.41) is 2.64. The lowest BCUT2D eigenvalue weighted by molar-refractivity contribution is -0.155. The lowest BCUT2D eigenvalue weighted by atomic mass is 9.98. The minimum Gasteiger partial charge on any atom is -0.467 e. The first kappa shape index (κ1) is 27.3. The molecule has 202 valence electrons. The Balaban J connectivity index is 1.37. The Labute approximate surface area is 222 Å². The molecule has 1 aliphatic carbocycles. The molecule has 1 aliphatic heterocycles. The van der Waals surface area contributed by atoms with Gasteiger partial charge in [-0.3, -0.25) is 0 Å². The topological polar surface area (TPSA) is 109 Å². The zero-order chi connectivity index (χ0) is 27.1. The number of allylic oxidation sites excluding steroid dienone is 1. The summed E-state index contributed by atoms with van der Waals surface area (Å²) in [5.41, 5.74) is 5.43. The molecule has 4 rings (SSSR count). The highest BCUT2D eigenvalue weighted by molar-refractivity contribution is 5.82. The van der Waals surface area contributed by atoms with E-state index in [9.17, 15) is 14.4 Å². The van der Waals surface area contributed by atoms with Crippen LogP contribution in [-0.2, 0) is 33.3 Å². The Morgan fingerprint density at radius 2 is 1.68 bits per heavy atom. The number of carbonyl (C=O) groups is 3. The minimum absolute atomic E-state index is 0.0623. The molecule has 0 bridgehead atoms. The largest absolute Gasteiger partial charge is 0.467 e. The molecular formula is C29H33NO8. The number of carbonyl (C=O) groups excluding carboxylic acids is 3. The van der Waals surface area contributed by atoms with Crippen LogP contribution in [0.4, 0.5) is 4.79 Å². The summed E-state index contributed by atoms with van der Waals surface area (Å²) in [7, 11) is 1.27. The molecule has 1 heterocycles. The average Bonchev–Trinajstić information content (AvgIpc) is 3.52. The van der Waals surface area contributed by atoms with Crippen LogP contribution < -0.4 is 5.32 Å². The third-order valence-corrected chi connectivity index (χ3v) is 6.54. The number of rotatable bonds is 10. The maximum atomic E-state index is 12.8. The molecule has 38 heavy (non-hydrogen) atoms. The summed E-state index contributed by atoms with van der Waals surface area (Å²) >= 11 is 0. The molecule has 9 heteroatoms. The van der Waals surface area contributed by atoms with Gasteiger partial charge in [0.2, 0.25) is 0 Å². The number of ether oxygens (including phenoxy) is 5. The Hall–Kier alpha value is -3.69. The van der Waals surface area contributed by atoms with E-state index in [2.05, 4.69) is 22.2 Å². The fourth-order valence-electron chi connectivity index (χ4n) is 4.59. The predicted octanol–water partition coefficient (Wildman–Crippen LogP) is 4.10. The lowest BCUT2D eigenvalue weighted by Gasteiger charge is -2.20. The number of fused-ring (bicyclic) bond motifs is 3. The van der Waals surface area contributed by atoms with Gasteiger partial charge < -0.3 is 29.0 Å². The molecule has 2 aromatic carbocycles. The summed E-state index contributed by atoms with van der Waals surface area (Å²) in [4.78, 5) is 37.3. The van der Waals surface area contributed by atoms with Gasteiger partial charge in [0, 0.05) is 12.3 Å². The van der Waals surface area contributed by atoms with E-state index in [0.29, 0.717) is 0 Å². The van der Waals surface area contributed by atoms with Crippen molar-refractivity contribution in [1.82, 2.24) is 5.32 Å². The number of hydrogen-bond acceptors (Lipinski definition) is 8. The number of nitrogens with one attached hydrogen (secondary N) is 1. The number of amides is 1. The van der Waals surface area contributed by atoms with E-state index in [1.807, 2.05) is 50.2 Å². The van der Waals surface area contributed by atoms with E-state index in [0.717, 1.165) is 27.8 Å². The van der Waals surface area contributed by atoms with Gasteiger partial charge in [0.05, 0.1) is 13.7 Å². The normalized spacial score (nSPS) is 18.6. The molecular weight excluding hydrogens is 490 g/mol. The van der Waals surface area contributed by atoms with Gasteiger partial charge in [-0.1, -0.05) is 54.1 Å². The zero-order valence-electron chi connectivity index (χ0n) is 21.8. The average molecular weight is 524 g/mol. The molecule has 3 atom stereocenters. The van der Waals surface area contributed by atoms with Gasteiger partial charge in [0.15, 0.2) is 12.4 Å². The quantitative estimate of drug-likeness (QED) is 0.282. The molecule has 0 spiro atoms. The van der Waals surface area contributed by atoms with Crippen molar-refractivity contribution in [3.8, 4) is 11.1 Å². The van der Waals surface area contributed by atoms with Crippen molar-refractivity contribution < 1.29 is 38.1 Å².